The maximum Gasteiger partial charge on any atom is 0.181 e. The van der Waals surface area contributed by atoms with Crippen molar-refractivity contribution in [3.05, 3.63) is 67.4 Å². The lowest BCUT2D eigenvalue weighted by molar-refractivity contribution is 1.09. The summed E-state index contributed by atoms with van der Waals surface area (Å²) in [5, 5.41) is 16.2. The molecule has 8 heteroatoms. The van der Waals surface area contributed by atoms with Gasteiger partial charge in [-0.05, 0) is 30.3 Å². The van der Waals surface area contributed by atoms with Crippen LogP contribution in [0.25, 0.3) is 55.8 Å². The minimum atomic E-state index is 0.656. The van der Waals surface area contributed by atoms with Crippen LogP contribution in [0.5, 0.6) is 0 Å². The molecule has 0 fully saturated rings. The number of hydrogen-bond donors (Lipinski definition) is 3. The van der Waals surface area contributed by atoms with Crippen molar-refractivity contribution in [1.29, 1.82) is 0 Å². The molecule has 0 bridgehead atoms. The lowest BCUT2D eigenvalue weighted by Crippen LogP contribution is -1.84. The highest BCUT2D eigenvalue weighted by Gasteiger charge is 2.15. The van der Waals surface area contributed by atoms with Gasteiger partial charge in [-0.25, -0.2) is 9.97 Å². The molecule has 6 rings (SSSR count). The van der Waals surface area contributed by atoms with Gasteiger partial charge in [-0.1, -0.05) is 6.07 Å². The molecular formula is C21H14N8. The molecule has 0 aromatic carbocycles. The fourth-order valence-corrected chi connectivity index (χ4v) is 3.58. The van der Waals surface area contributed by atoms with Crippen LogP contribution in [0.3, 0.4) is 0 Å². The standard InChI is InChI=1S/C21H14N8/c1-2-5-22-17(3-1)14-4-6-23-20-15(14)8-18(27-20)19-16-7-12(13-10-25-26-11-13)9-24-21(16)29-28-19/h1-11H,(H,23,27)(H,25,26)(H,24,28,29). The summed E-state index contributed by atoms with van der Waals surface area (Å²) in [5.74, 6) is 0. The molecule has 6 aromatic heterocycles. The summed E-state index contributed by atoms with van der Waals surface area (Å²) >= 11 is 0. The number of H-pyrrole nitrogens is 3. The molecule has 0 aliphatic carbocycles. The Morgan fingerprint density at radius 3 is 2.69 bits per heavy atom. The summed E-state index contributed by atoms with van der Waals surface area (Å²) in [6, 6.07) is 12.0. The highest BCUT2D eigenvalue weighted by Crippen LogP contribution is 2.33. The van der Waals surface area contributed by atoms with Crippen LogP contribution >= 0.6 is 0 Å². The molecule has 0 radical (unpaired) electrons. The Bertz CT molecular complexity index is 1440. The van der Waals surface area contributed by atoms with Gasteiger partial charge < -0.3 is 4.98 Å². The van der Waals surface area contributed by atoms with Crippen molar-refractivity contribution in [1.82, 2.24) is 40.3 Å². The monoisotopic (exact) mass is 378 g/mol. The average molecular weight is 378 g/mol. The van der Waals surface area contributed by atoms with Gasteiger partial charge in [0.1, 0.15) is 5.65 Å². The second-order valence-electron chi connectivity index (χ2n) is 6.70. The van der Waals surface area contributed by atoms with Crippen molar-refractivity contribution in [2.24, 2.45) is 0 Å². The Morgan fingerprint density at radius 1 is 0.828 bits per heavy atom. The van der Waals surface area contributed by atoms with Gasteiger partial charge in [0.15, 0.2) is 5.65 Å². The molecule has 0 unspecified atom stereocenters. The van der Waals surface area contributed by atoms with Crippen LogP contribution in [0.15, 0.2) is 67.4 Å². The third-order valence-electron chi connectivity index (χ3n) is 4.98. The number of pyridine rings is 3. The first-order chi connectivity index (χ1) is 14.4. The van der Waals surface area contributed by atoms with Crippen molar-refractivity contribution in [3.8, 4) is 33.8 Å². The molecule has 0 spiro atoms. The highest BCUT2D eigenvalue weighted by atomic mass is 15.2. The zero-order valence-electron chi connectivity index (χ0n) is 15.1. The van der Waals surface area contributed by atoms with E-state index in [4.69, 9.17) is 0 Å². The molecule has 3 N–H and O–H groups in total. The predicted molar refractivity (Wildman–Crippen MR) is 110 cm³/mol. The Morgan fingerprint density at radius 2 is 1.83 bits per heavy atom. The van der Waals surface area contributed by atoms with E-state index < -0.39 is 0 Å². The molecular weight excluding hydrogens is 364 g/mol. The van der Waals surface area contributed by atoms with Gasteiger partial charge in [-0.3, -0.25) is 15.2 Å². The highest BCUT2D eigenvalue weighted by molar-refractivity contribution is 5.99. The number of hydrogen-bond acceptors (Lipinski definition) is 5. The maximum atomic E-state index is 4.49. The van der Waals surface area contributed by atoms with Gasteiger partial charge in [0, 0.05) is 52.3 Å². The molecule has 8 nitrogen and oxygen atoms in total. The largest absolute Gasteiger partial charge is 0.338 e. The fraction of sp³-hybridized carbons (Fsp3) is 0. The normalized spacial score (nSPS) is 11.4. The quantitative estimate of drug-likeness (QED) is 0.432. The topological polar surface area (TPSA) is 112 Å². The van der Waals surface area contributed by atoms with E-state index in [1.807, 2.05) is 30.5 Å². The lowest BCUT2D eigenvalue weighted by Gasteiger charge is -2.00. The molecule has 0 aliphatic rings. The lowest BCUT2D eigenvalue weighted by atomic mass is 10.1. The van der Waals surface area contributed by atoms with Crippen molar-refractivity contribution >= 4 is 22.1 Å². The van der Waals surface area contributed by atoms with E-state index in [9.17, 15) is 0 Å². The first-order valence-corrected chi connectivity index (χ1v) is 9.09. The zero-order valence-corrected chi connectivity index (χ0v) is 15.1. The molecule has 0 atom stereocenters. The van der Waals surface area contributed by atoms with Gasteiger partial charge in [0.25, 0.3) is 0 Å². The van der Waals surface area contributed by atoms with Crippen LogP contribution in [-0.4, -0.2) is 40.3 Å². The van der Waals surface area contributed by atoms with Gasteiger partial charge in [0.2, 0.25) is 0 Å². The fourth-order valence-electron chi connectivity index (χ4n) is 3.58. The summed E-state index contributed by atoms with van der Waals surface area (Å²) in [6.07, 6.45) is 8.99. The summed E-state index contributed by atoms with van der Waals surface area (Å²) in [7, 11) is 0. The van der Waals surface area contributed by atoms with E-state index in [0.717, 1.165) is 50.2 Å². The van der Waals surface area contributed by atoms with E-state index in [0.29, 0.717) is 5.65 Å². The second kappa shape index (κ2) is 6.10. The first kappa shape index (κ1) is 15.7. The van der Waals surface area contributed by atoms with Gasteiger partial charge in [-0.15, -0.1) is 0 Å². The summed E-state index contributed by atoms with van der Waals surface area (Å²) in [5.41, 5.74) is 7.09. The Balaban J connectivity index is 1.54. The van der Waals surface area contributed by atoms with Gasteiger partial charge in [-0.2, -0.15) is 10.2 Å². The number of nitrogens with one attached hydrogen (secondary N) is 3. The minimum Gasteiger partial charge on any atom is -0.338 e. The SMILES string of the molecule is c1ccc(-c2ccnc3[nH]c(-c4[nH]nc5ncc(-c6cn[nH]c6)cc45)cc23)nc1. The summed E-state index contributed by atoms with van der Waals surface area (Å²) in [4.78, 5) is 16.8. The molecule has 29 heavy (non-hydrogen) atoms. The second-order valence-corrected chi connectivity index (χ2v) is 6.70. The number of aromatic nitrogens is 8. The number of nitrogens with zero attached hydrogens (tertiary/aromatic N) is 5. The maximum absolute atomic E-state index is 4.49. The number of rotatable bonds is 3. The molecule has 0 saturated heterocycles. The predicted octanol–water partition coefficient (Wildman–Crippen LogP) is 3.95. The van der Waals surface area contributed by atoms with Crippen LogP contribution in [-0.2, 0) is 0 Å². The minimum absolute atomic E-state index is 0.656. The molecule has 138 valence electrons. The average Bonchev–Trinajstić information content (AvgIpc) is 3.52. The molecule has 6 aromatic rings. The van der Waals surface area contributed by atoms with Crippen LogP contribution < -0.4 is 0 Å². The molecule has 0 aliphatic heterocycles. The molecule has 6 heterocycles. The van der Waals surface area contributed by atoms with Crippen LogP contribution in [0.2, 0.25) is 0 Å². The van der Waals surface area contributed by atoms with E-state index in [-0.39, 0.29) is 0 Å². The Hall–Kier alpha value is -4.33. The Kier molecular flexibility index (Phi) is 3.30. The molecule has 0 amide bonds. The van der Waals surface area contributed by atoms with Crippen LogP contribution in [0.4, 0.5) is 0 Å². The number of fused-ring (bicyclic) bond motifs is 2. The summed E-state index contributed by atoms with van der Waals surface area (Å²) in [6.45, 7) is 0. The first-order valence-electron chi connectivity index (χ1n) is 9.09. The Labute approximate surface area is 164 Å². The van der Waals surface area contributed by atoms with Crippen molar-refractivity contribution in [2.45, 2.75) is 0 Å². The van der Waals surface area contributed by atoms with E-state index in [1.54, 1.807) is 24.8 Å². The summed E-state index contributed by atoms with van der Waals surface area (Å²) < 4.78 is 0. The molecule has 0 saturated carbocycles. The van der Waals surface area contributed by atoms with E-state index in [2.05, 4.69) is 52.5 Å². The van der Waals surface area contributed by atoms with Crippen LogP contribution in [0, 0.1) is 0 Å². The van der Waals surface area contributed by atoms with Gasteiger partial charge in [0.05, 0.1) is 23.3 Å². The zero-order chi connectivity index (χ0) is 19.2. The van der Waals surface area contributed by atoms with Crippen molar-refractivity contribution < 1.29 is 0 Å². The van der Waals surface area contributed by atoms with Gasteiger partial charge >= 0.3 is 0 Å². The van der Waals surface area contributed by atoms with Crippen LogP contribution in [0.1, 0.15) is 0 Å². The third kappa shape index (κ3) is 2.50. The van der Waals surface area contributed by atoms with Crippen molar-refractivity contribution in [3.63, 3.8) is 0 Å². The van der Waals surface area contributed by atoms with E-state index >= 15 is 0 Å². The number of aromatic amines is 3. The van der Waals surface area contributed by atoms with E-state index in [1.165, 1.54) is 0 Å². The van der Waals surface area contributed by atoms with Crippen molar-refractivity contribution in [2.75, 3.05) is 0 Å². The smallest absolute Gasteiger partial charge is 0.181 e. The third-order valence-corrected chi connectivity index (χ3v) is 4.98.